The first-order valence-corrected chi connectivity index (χ1v) is 8.11. The van der Waals surface area contributed by atoms with Crippen LogP contribution >= 0.6 is 0 Å². The SMILES string of the molecule is O=C(O)N1CCN(C(=O)O)[C@H](CCn2ccc(-c3ccccc3)n2)C1. The van der Waals surface area contributed by atoms with Gasteiger partial charge in [-0.05, 0) is 12.5 Å². The minimum absolute atomic E-state index is 0.189. The number of hydrogen-bond donors (Lipinski definition) is 2. The van der Waals surface area contributed by atoms with Crippen LogP contribution in [0.1, 0.15) is 6.42 Å². The van der Waals surface area contributed by atoms with E-state index in [-0.39, 0.29) is 25.7 Å². The first-order valence-electron chi connectivity index (χ1n) is 8.11. The van der Waals surface area contributed by atoms with Crippen molar-refractivity contribution in [3.05, 3.63) is 42.6 Å². The lowest BCUT2D eigenvalue weighted by Crippen LogP contribution is -2.56. The van der Waals surface area contributed by atoms with Crippen molar-refractivity contribution in [1.29, 1.82) is 0 Å². The highest BCUT2D eigenvalue weighted by Gasteiger charge is 2.32. The van der Waals surface area contributed by atoms with Gasteiger partial charge in [0.1, 0.15) is 0 Å². The van der Waals surface area contributed by atoms with Crippen LogP contribution in [0.3, 0.4) is 0 Å². The average Bonchev–Trinajstić information content (AvgIpc) is 3.09. The summed E-state index contributed by atoms with van der Waals surface area (Å²) in [5.74, 6) is 0. The molecule has 8 nitrogen and oxygen atoms in total. The Morgan fingerprint density at radius 3 is 2.52 bits per heavy atom. The van der Waals surface area contributed by atoms with Gasteiger partial charge in [-0.3, -0.25) is 4.68 Å². The van der Waals surface area contributed by atoms with Crippen LogP contribution in [0.2, 0.25) is 0 Å². The van der Waals surface area contributed by atoms with Gasteiger partial charge in [0.15, 0.2) is 0 Å². The summed E-state index contributed by atoms with van der Waals surface area (Å²) in [4.78, 5) is 25.1. The molecule has 0 saturated carbocycles. The quantitative estimate of drug-likeness (QED) is 0.886. The molecule has 2 amide bonds. The number of aromatic nitrogens is 2. The Bertz CT molecular complexity index is 746. The van der Waals surface area contributed by atoms with Gasteiger partial charge in [0.25, 0.3) is 0 Å². The molecule has 2 aromatic rings. The largest absolute Gasteiger partial charge is 0.465 e. The molecule has 8 heteroatoms. The predicted molar refractivity (Wildman–Crippen MR) is 90.4 cm³/mol. The number of aryl methyl sites for hydroxylation is 1. The van der Waals surface area contributed by atoms with Crippen molar-refractivity contribution in [1.82, 2.24) is 19.6 Å². The van der Waals surface area contributed by atoms with E-state index in [9.17, 15) is 14.7 Å². The third kappa shape index (κ3) is 3.90. The summed E-state index contributed by atoms with van der Waals surface area (Å²) in [6.07, 6.45) is 0.331. The van der Waals surface area contributed by atoms with Crippen molar-refractivity contribution in [3.8, 4) is 11.3 Å². The molecule has 132 valence electrons. The summed E-state index contributed by atoms with van der Waals surface area (Å²) >= 11 is 0. The molecule has 1 atom stereocenters. The molecule has 2 N–H and O–H groups in total. The van der Waals surface area contributed by atoms with E-state index in [1.54, 1.807) is 4.68 Å². The summed E-state index contributed by atoms with van der Waals surface area (Å²) in [7, 11) is 0. The van der Waals surface area contributed by atoms with Crippen molar-refractivity contribution in [2.75, 3.05) is 19.6 Å². The average molecular weight is 344 g/mol. The summed E-state index contributed by atoms with van der Waals surface area (Å²) in [5, 5.41) is 23.0. The molecule has 0 aliphatic carbocycles. The molecule has 2 heterocycles. The van der Waals surface area contributed by atoms with E-state index in [0.29, 0.717) is 13.0 Å². The van der Waals surface area contributed by atoms with Crippen LogP contribution in [-0.4, -0.2) is 67.7 Å². The normalized spacial score (nSPS) is 17.5. The lowest BCUT2D eigenvalue weighted by Gasteiger charge is -2.38. The number of hydrogen-bond acceptors (Lipinski definition) is 3. The highest BCUT2D eigenvalue weighted by molar-refractivity contribution is 5.68. The van der Waals surface area contributed by atoms with Gasteiger partial charge in [-0.25, -0.2) is 9.59 Å². The Morgan fingerprint density at radius 1 is 1.08 bits per heavy atom. The van der Waals surface area contributed by atoms with Gasteiger partial charge in [0.05, 0.1) is 11.7 Å². The molecule has 0 unspecified atom stereocenters. The molecule has 1 aliphatic heterocycles. The summed E-state index contributed by atoms with van der Waals surface area (Å²) < 4.78 is 1.77. The molecule has 0 radical (unpaired) electrons. The fraction of sp³-hybridized carbons (Fsp3) is 0.353. The van der Waals surface area contributed by atoms with E-state index in [1.165, 1.54) is 9.80 Å². The molecule has 1 fully saturated rings. The minimum atomic E-state index is -1.01. The van der Waals surface area contributed by atoms with Crippen LogP contribution in [0.5, 0.6) is 0 Å². The Morgan fingerprint density at radius 2 is 1.84 bits per heavy atom. The second-order valence-corrected chi connectivity index (χ2v) is 5.98. The second-order valence-electron chi connectivity index (χ2n) is 5.98. The highest BCUT2D eigenvalue weighted by atomic mass is 16.4. The first kappa shape index (κ1) is 16.8. The zero-order valence-electron chi connectivity index (χ0n) is 13.7. The van der Waals surface area contributed by atoms with Crippen LogP contribution < -0.4 is 0 Å². The van der Waals surface area contributed by atoms with Crippen LogP contribution in [0.25, 0.3) is 11.3 Å². The fourth-order valence-electron chi connectivity index (χ4n) is 3.06. The van der Waals surface area contributed by atoms with E-state index < -0.39 is 12.2 Å². The van der Waals surface area contributed by atoms with Gasteiger partial charge in [-0.15, -0.1) is 0 Å². The van der Waals surface area contributed by atoms with Crippen LogP contribution in [-0.2, 0) is 6.54 Å². The van der Waals surface area contributed by atoms with Gasteiger partial charge in [0, 0.05) is 37.9 Å². The van der Waals surface area contributed by atoms with Crippen molar-refractivity contribution >= 4 is 12.2 Å². The number of amides is 2. The van der Waals surface area contributed by atoms with Crippen molar-refractivity contribution in [2.24, 2.45) is 0 Å². The van der Waals surface area contributed by atoms with Crippen LogP contribution in [0.15, 0.2) is 42.6 Å². The molecule has 1 saturated heterocycles. The Hall–Kier alpha value is -3.03. The number of carboxylic acid groups (broad SMARTS) is 2. The van der Waals surface area contributed by atoms with Crippen molar-refractivity contribution < 1.29 is 19.8 Å². The maximum atomic E-state index is 11.4. The number of benzene rings is 1. The van der Waals surface area contributed by atoms with Gasteiger partial charge in [0.2, 0.25) is 0 Å². The Labute approximate surface area is 144 Å². The van der Waals surface area contributed by atoms with Crippen LogP contribution in [0, 0.1) is 0 Å². The third-order valence-electron chi connectivity index (χ3n) is 4.40. The fourth-order valence-corrected chi connectivity index (χ4v) is 3.06. The molecule has 1 aliphatic rings. The molecule has 1 aromatic carbocycles. The van der Waals surface area contributed by atoms with Gasteiger partial charge >= 0.3 is 12.2 Å². The molecule has 0 bridgehead atoms. The number of rotatable bonds is 4. The van der Waals surface area contributed by atoms with Crippen molar-refractivity contribution in [2.45, 2.75) is 19.0 Å². The number of piperazine rings is 1. The van der Waals surface area contributed by atoms with E-state index in [1.807, 2.05) is 42.6 Å². The standard InChI is InChI=1S/C17H20N4O4/c22-16(23)19-10-11-21(17(24)25)14(12-19)6-8-20-9-7-15(18-20)13-4-2-1-3-5-13/h1-5,7,9,14H,6,8,10-12H2,(H,22,23)(H,24,25)/t14-/m1/s1. The Balaban J connectivity index is 1.65. The maximum Gasteiger partial charge on any atom is 0.407 e. The zero-order valence-corrected chi connectivity index (χ0v) is 13.7. The van der Waals surface area contributed by atoms with Gasteiger partial charge in [-0.1, -0.05) is 30.3 Å². The number of carbonyl (C=O) groups is 2. The van der Waals surface area contributed by atoms with Crippen molar-refractivity contribution in [3.63, 3.8) is 0 Å². The van der Waals surface area contributed by atoms with E-state index in [0.717, 1.165) is 11.3 Å². The van der Waals surface area contributed by atoms with E-state index in [2.05, 4.69) is 5.10 Å². The van der Waals surface area contributed by atoms with E-state index in [4.69, 9.17) is 5.11 Å². The molecule has 3 rings (SSSR count). The predicted octanol–water partition coefficient (Wildman–Crippen LogP) is 2.28. The molecule has 0 spiro atoms. The second kappa shape index (κ2) is 7.25. The lowest BCUT2D eigenvalue weighted by molar-refractivity contribution is 0.0593. The topological polar surface area (TPSA) is 98.9 Å². The smallest absolute Gasteiger partial charge is 0.407 e. The molecular weight excluding hydrogens is 324 g/mol. The zero-order chi connectivity index (χ0) is 17.8. The lowest BCUT2D eigenvalue weighted by atomic mass is 10.1. The third-order valence-corrected chi connectivity index (χ3v) is 4.40. The summed E-state index contributed by atoms with van der Waals surface area (Å²) in [5.41, 5.74) is 1.87. The van der Waals surface area contributed by atoms with Gasteiger partial charge < -0.3 is 20.0 Å². The molecule has 25 heavy (non-hydrogen) atoms. The number of nitrogens with zero attached hydrogens (tertiary/aromatic N) is 4. The first-order chi connectivity index (χ1) is 12.0. The maximum absolute atomic E-state index is 11.4. The molecular formula is C17H20N4O4. The summed E-state index contributed by atoms with van der Waals surface area (Å²) in [6.45, 7) is 1.11. The molecule has 1 aromatic heterocycles. The minimum Gasteiger partial charge on any atom is -0.465 e. The van der Waals surface area contributed by atoms with Crippen LogP contribution in [0.4, 0.5) is 9.59 Å². The van der Waals surface area contributed by atoms with Gasteiger partial charge in [-0.2, -0.15) is 5.10 Å². The highest BCUT2D eigenvalue weighted by Crippen LogP contribution is 2.18. The van der Waals surface area contributed by atoms with E-state index >= 15 is 0 Å². The summed E-state index contributed by atoms with van der Waals surface area (Å²) in [6, 6.07) is 11.3. The Kier molecular flexibility index (Phi) is 4.87. The monoisotopic (exact) mass is 344 g/mol.